The SMILES string of the molecule is CC(C(=O)NC(CC(F)(F)F)C(=O)O)c1ccsc1. The van der Waals surface area contributed by atoms with Crippen LogP contribution < -0.4 is 5.32 Å². The minimum atomic E-state index is -4.65. The summed E-state index contributed by atoms with van der Waals surface area (Å²) in [6, 6.07) is -0.303. The lowest BCUT2D eigenvalue weighted by atomic mass is 10.0. The van der Waals surface area contributed by atoms with Crippen molar-refractivity contribution in [2.24, 2.45) is 0 Å². The van der Waals surface area contributed by atoms with E-state index in [2.05, 4.69) is 0 Å². The Hall–Kier alpha value is -1.57. The van der Waals surface area contributed by atoms with E-state index in [1.54, 1.807) is 16.8 Å². The monoisotopic (exact) mass is 295 g/mol. The van der Waals surface area contributed by atoms with Gasteiger partial charge in [0, 0.05) is 0 Å². The van der Waals surface area contributed by atoms with Crippen molar-refractivity contribution in [2.75, 3.05) is 0 Å². The van der Waals surface area contributed by atoms with E-state index in [1.807, 2.05) is 5.32 Å². The lowest BCUT2D eigenvalue weighted by Crippen LogP contribution is -2.45. The van der Waals surface area contributed by atoms with Gasteiger partial charge < -0.3 is 10.4 Å². The van der Waals surface area contributed by atoms with E-state index >= 15 is 0 Å². The zero-order valence-corrected chi connectivity index (χ0v) is 10.7. The zero-order chi connectivity index (χ0) is 14.6. The molecule has 1 aromatic heterocycles. The Morgan fingerprint density at radius 2 is 2.11 bits per heavy atom. The number of carboxylic acid groups (broad SMARTS) is 1. The predicted molar refractivity (Wildman–Crippen MR) is 63.0 cm³/mol. The summed E-state index contributed by atoms with van der Waals surface area (Å²) in [5.74, 6) is -3.14. The summed E-state index contributed by atoms with van der Waals surface area (Å²) in [7, 11) is 0. The molecule has 0 saturated heterocycles. The Bertz CT molecular complexity index is 445. The molecule has 0 radical (unpaired) electrons. The van der Waals surface area contributed by atoms with E-state index in [1.165, 1.54) is 18.3 Å². The molecule has 2 unspecified atom stereocenters. The molecule has 19 heavy (non-hydrogen) atoms. The zero-order valence-electron chi connectivity index (χ0n) is 9.90. The lowest BCUT2D eigenvalue weighted by molar-refractivity contribution is -0.160. The molecule has 0 aliphatic rings. The average Bonchev–Trinajstić information content (AvgIpc) is 2.78. The molecule has 0 saturated carbocycles. The molecule has 2 atom stereocenters. The molecule has 1 rings (SSSR count). The van der Waals surface area contributed by atoms with Gasteiger partial charge in [0.05, 0.1) is 12.3 Å². The fourth-order valence-corrected chi connectivity index (χ4v) is 2.16. The first-order valence-corrected chi connectivity index (χ1v) is 6.27. The minimum Gasteiger partial charge on any atom is -0.480 e. The van der Waals surface area contributed by atoms with E-state index in [0.717, 1.165) is 0 Å². The van der Waals surface area contributed by atoms with E-state index in [9.17, 15) is 22.8 Å². The second-order valence-electron chi connectivity index (χ2n) is 4.00. The van der Waals surface area contributed by atoms with Gasteiger partial charge >= 0.3 is 12.1 Å². The predicted octanol–water partition coefficient (Wildman–Crippen LogP) is 2.37. The summed E-state index contributed by atoms with van der Waals surface area (Å²) in [4.78, 5) is 22.4. The Morgan fingerprint density at radius 1 is 1.47 bits per heavy atom. The molecule has 0 aliphatic heterocycles. The Balaban J connectivity index is 2.69. The van der Waals surface area contributed by atoms with Crippen LogP contribution in [0.3, 0.4) is 0 Å². The van der Waals surface area contributed by atoms with Crippen LogP contribution in [0.25, 0.3) is 0 Å². The first-order valence-electron chi connectivity index (χ1n) is 5.32. The Kier molecular flexibility index (Phi) is 4.93. The van der Waals surface area contributed by atoms with Gasteiger partial charge in [-0.25, -0.2) is 4.79 Å². The van der Waals surface area contributed by atoms with Crippen molar-refractivity contribution in [3.63, 3.8) is 0 Å². The standard InChI is InChI=1S/C11H12F3NO3S/c1-6(7-2-3-19-5-7)9(16)15-8(10(17)18)4-11(12,13)14/h2-3,5-6,8H,4H2,1H3,(H,15,16)(H,17,18). The van der Waals surface area contributed by atoms with Gasteiger partial charge in [0.2, 0.25) is 5.91 Å². The highest BCUT2D eigenvalue weighted by Gasteiger charge is 2.36. The van der Waals surface area contributed by atoms with Crippen LogP contribution in [0.5, 0.6) is 0 Å². The van der Waals surface area contributed by atoms with Gasteiger partial charge in [-0.3, -0.25) is 4.79 Å². The highest BCUT2D eigenvalue weighted by molar-refractivity contribution is 7.08. The summed E-state index contributed by atoms with van der Waals surface area (Å²) in [5.41, 5.74) is 0.638. The van der Waals surface area contributed by atoms with Gasteiger partial charge in [-0.2, -0.15) is 24.5 Å². The van der Waals surface area contributed by atoms with Crippen LogP contribution in [0.4, 0.5) is 13.2 Å². The molecule has 1 heterocycles. The largest absolute Gasteiger partial charge is 0.480 e. The molecule has 0 spiro atoms. The average molecular weight is 295 g/mol. The number of hydrogen-bond acceptors (Lipinski definition) is 3. The number of carbonyl (C=O) groups is 2. The minimum absolute atomic E-state index is 0.638. The fraction of sp³-hybridized carbons (Fsp3) is 0.455. The van der Waals surface area contributed by atoms with E-state index in [-0.39, 0.29) is 0 Å². The maximum absolute atomic E-state index is 12.2. The molecule has 0 aromatic carbocycles. The number of nitrogens with one attached hydrogen (secondary N) is 1. The normalized spacial score (nSPS) is 14.7. The molecule has 8 heteroatoms. The van der Waals surface area contributed by atoms with Crippen LogP contribution in [0.1, 0.15) is 24.8 Å². The number of aliphatic carboxylic acids is 1. The number of hydrogen-bond donors (Lipinski definition) is 2. The number of rotatable bonds is 5. The topological polar surface area (TPSA) is 66.4 Å². The van der Waals surface area contributed by atoms with Crippen LogP contribution >= 0.6 is 11.3 Å². The molecule has 106 valence electrons. The highest BCUT2D eigenvalue weighted by Crippen LogP contribution is 2.23. The third kappa shape index (κ3) is 4.90. The third-order valence-electron chi connectivity index (χ3n) is 2.49. The highest BCUT2D eigenvalue weighted by atomic mass is 32.1. The Morgan fingerprint density at radius 3 is 2.53 bits per heavy atom. The first kappa shape index (κ1) is 15.5. The van der Waals surface area contributed by atoms with Crippen molar-refractivity contribution in [1.29, 1.82) is 0 Å². The summed E-state index contributed by atoms with van der Waals surface area (Å²) in [6.07, 6.45) is -6.24. The van der Waals surface area contributed by atoms with Gasteiger partial charge in [0.25, 0.3) is 0 Å². The van der Waals surface area contributed by atoms with E-state index in [4.69, 9.17) is 5.11 Å². The van der Waals surface area contributed by atoms with Crippen molar-refractivity contribution < 1.29 is 27.9 Å². The number of carbonyl (C=O) groups excluding carboxylic acids is 1. The number of halogens is 3. The molecule has 0 aliphatic carbocycles. The van der Waals surface area contributed by atoms with Crippen molar-refractivity contribution in [1.82, 2.24) is 5.32 Å². The maximum Gasteiger partial charge on any atom is 0.391 e. The number of thiophene rings is 1. The third-order valence-corrected chi connectivity index (χ3v) is 3.19. The lowest BCUT2D eigenvalue weighted by Gasteiger charge is -2.18. The van der Waals surface area contributed by atoms with Crippen molar-refractivity contribution in [3.8, 4) is 0 Å². The van der Waals surface area contributed by atoms with Crippen LogP contribution in [-0.2, 0) is 9.59 Å². The van der Waals surface area contributed by atoms with Crippen molar-refractivity contribution in [3.05, 3.63) is 22.4 Å². The van der Waals surface area contributed by atoms with Crippen LogP contribution in [0.15, 0.2) is 16.8 Å². The van der Waals surface area contributed by atoms with Gasteiger partial charge in [0.1, 0.15) is 6.04 Å². The molecular formula is C11H12F3NO3S. The summed E-state index contributed by atoms with van der Waals surface area (Å²) in [5, 5.41) is 14.0. The van der Waals surface area contributed by atoms with Gasteiger partial charge in [-0.1, -0.05) is 0 Å². The Labute approximate surface area is 111 Å². The summed E-state index contributed by atoms with van der Waals surface area (Å²) in [6.45, 7) is 1.50. The molecule has 0 fully saturated rings. The second kappa shape index (κ2) is 6.05. The summed E-state index contributed by atoms with van der Waals surface area (Å²) >= 11 is 1.34. The molecular weight excluding hydrogens is 283 g/mol. The van der Waals surface area contributed by atoms with Gasteiger partial charge in [0.15, 0.2) is 0 Å². The fourth-order valence-electron chi connectivity index (χ4n) is 1.40. The first-order chi connectivity index (χ1) is 8.70. The van der Waals surface area contributed by atoms with Crippen LogP contribution in [0, 0.1) is 0 Å². The second-order valence-corrected chi connectivity index (χ2v) is 4.78. The maximum atomic E-state index is 12.2. The quantitative estimate of drug-likeness (QED) is 0.876. The van der Waals surface area contributed by atoms with Crippen molar-refractivity contribution in [2.45, 2.75) is 31.5 Å². The van der Waals surface area contributed by atoms with Gasteiger partial charge in [-0.05, 0) is 29.3 Å². The van der Waals surface area contributed by atoms with Crippen molar-refractivity contribution >= 4 is 23.2 Å². The van der Waals surface area contributed by atoms with Gasteiger partial charge in [-0.15, -0.1) is 0 Å². The number of carboxylic acids is 1. The summed E-state index contributed by atoms with van der Waals surface area (Å²) < 4.78 is 36.5. The number of alkyl halides is 3. The molecule has 0 bridgehead atoms. The molecule has 1 amide bonds. The van der Waals surface area contributed by atoms with E-state index < -0.39 is 36.4 Å². The molecule has 4 nitrogen and oxygen atoms in total. The smallest absolute Gasteiger partial charge is 0.391 e. The molecule has 1 aromatic rings. The molecule has 2 N–H and O–H groups in total. The van der Waals surface area contributed by atoms with E-state index in [0.29, 0.717) is 5.56 Å². The van der Waals surface area contributed by atoms with Crippen LogP contribution in [0.2, 0.25) is 0 Å². The van der Waals surface area contributed by atoms with Crippen LogP contribution in [-0.4, -0.2) is 29.2 Å². The number of amides is 1.